The Morgan fingerprint density at radius 2 is 1.65 bits per heavy atom. The lowest BCUT2D eigenvalue weighted by Gasteiger charge is -2.26. The first-order chi connectivity index (χ1) is 12.5. The van der Waals surface area contributed by atoms with Gasteiger partial charge in [0.25, 0.3) is 11.8 Å². The van der Waals surface area contributed by atoms with Crippen molar-refractivity contribution >= 4 is 29.1 Å². The summed E-state index contributed by atoms with van der Waals surface area (Å²) in [5.74, 6) is -3.08. The fourth-order valence-corrected chi connectivity index (χ4v) is 2.78. The molecule has 1 aliphatic heterocycles. The highest BCUT2D eigenvalue weighted by molar-refractivity contribution is 6.34. The Balaban J connectivity index is 1.70. The van der Waals surface area contributed by atoms with E-state index in [9.17, 15) is 18.4 Å². The molecule has 5 nitrogen and oxygen atoms in total. The Labute approximate surface area is 153 Å². The van der Waals surface area contributed by atoms with Crippen LogP contribution in [0.4, 0.5) is 14.5 Å². The number of morpholine rings is 1. The maximum Gasteiger partial charge on any atom is 0.257 e. The van der Waals surface area contributed by atoms with E-state index < -0.39 is 17.5 Å². The smallest absolute Gasteiger partial charge is 0.257 e. The summed E-state index contributed by atoms with van der Waals surface area (Å²) in [5.41, 5.74) is 0.698. The van der Waals surface area contributed by atoms with Crippen molar-refractivity contribution in [2.24, 2.45) is 0 Å². The van der Waals surface area contributed by atoms with Gasteiger partial charge in [-0.1, -0.05) is 11.6 Å². The molecule has 0 saturated carbocycles. The molecular weight excluding hydrogens is 366 g/mol. The molecule has 1 saturated heterocycles. The molecule has 136 valence electrons. The molecule has 3 rings (SSSR count). The zero-order valence-corrected chi connectivity index (χ0v) is 14.4. The minimum atomic E-state index is -1.16. The summed E-state index contributed by atoms with van der Waals surface area (Å²) < 4.78 is 31.6. The van der Waals surface area contributed by atoms with E-state index in [1.165, 1.54) is 0 Å². The minimum Gasteiger partial charge on any atom is -0.378 e. The van der Waals surface area contributed by atoms with Gasteiger partial charge in [-0.2, -0.15) is 0 Å². The fraction of sp³-hybridized carbons (Fsp3) is 0.222. The van der Waals surface area contributed by atoms with Crippen LogP contribution in [-0.4, -0.2) is 43.0 Å². The van der Waals surface area contributed by atoms with Gasteiger partial charge in [-0.15, -0.1) is 0 Å². The van der Waals surface area contributed by atoms with Crippen molar-refractivity contribution in [1.29, 1.82) is 0 Å². The molecule has 0 aromatic heterocycles. The number of nitrogens with zero attached hydrogens (tertiary/aromatic N) is 1. The fourth-order valence-electron chi connectivity index (χ4n) is 2.54. The number of halogens is 3. The van der Waals surface area contributed by atoms with Crippen LogP contribution in [0.1, 0.15) is 20.7 Å². The predicted molar refractivity (Wildman–Crippen MR) is 92.5 cm³/mol. The summed E-state index contributed by atoms with van der Waals surface area (Å²) in [5, 5.41) is 2.34. The number of carbonyl (C=O) groups is 2. The van der Waals surface area contributed by atoms with Gasteiger partial charge >= 0.3 is 0 Å². The number of nitrogens with one attached hydrogen (secondary N) is 1. The second-order valence-corrected chi connectivity index (χ2v) is 6.09. The zero-order valence-electron chi connectivity index (χ0n) is 13.6. The van der Waals surface area contributed by atoms with Crippen LogP contribution in [0.15, 0.2) is 36.4 Å². The molecule has 8 heteroatoms. The summed E-state index contributed by atoms with van der Waals surface area (Å²) in [7, 11) is 0. The average Bonchev–Trinajstić information content (AvgIpc) is 2.65. The number of hydrogen-bond donors (Lipinski definition) is 1. The van der Waals surface area contributed by atoms with Gasteiger partial charge in [0.2, 0.25) is 0 Å². The van der Waals surface area contributed by atoms with Crippen LogP contribution in [0.3, 0.4) is 0 Å². The van der Waals surface area contributed by atoms with Gasteiger partial charge in [-0.05, 0) is 36.4 Å². The lowest BCUT2D eigenvalue weighted by molar-refractivity contribution is 0.0303. The maximum atomic E-state index is 13.3. The van der Waals surface area contributed by atoms with Crippen molar-refractivity contribution in [3.05, 3.63) is 64.2 Å². The van der Waals surface area contributed by atoms with E-state index in [1.54, 1.807) is 29.2 Å². The van der Waals surface area contributed by atoms with Crippen molar-refractivity contribution in [2.45, 2.75) is 0 Å². The van der Waals surface area contributed by atoms with Crippen LogP contribution in [0.5, 0.6) is 0 Å². The Morgan fingerprint density at radius 1 is 1.04 bits per heavy atom. The van der Waals surface area contributed by atoms with Gasteiger partial charge in [0.15, 0.2) is 11.6 Å². The van der Waals surface area contributed by atoms with E-state index in [1.807, 2.05) is 0 Å². The van der Waals surface area contributed by atoms with Gasteiger partial charge < -0.3 is 15.0 Å². The monoisotopic (exact) mass is 380 g/mol. The second-order valence-electron chi connectivity index (χ2n) is 5.68. The molecule has 1 aliphatic rings. The third-order valence-corrected chi connectivity index (χ3v) is 4.26. The number of carbonyl (C=O) groups excluding carboxylic acids is 2. The summed E-state index contributed by atoms with van der Waals surface area (Å²) in [4.78, 5) is 26.2. The standard InChI is InChI=1S/C18H15ClF2N2O3/c19-14-10-16(21)15(20)9-13(14)17(24)22-12-3-1-11(2-4-12)18(25)23-5-7-26-8-6-23/h1-4,9-10H,5-8H2,(H,22,24). The first-order valence-corrected chi connectivity index (χ1v) is 8.26. The lowest BCUT2D eigenvalue weighted by atomic mass is 10.1. The third kappa shape index (κ3) is 4.00. The van der Waals surface area contributed by atoms with Crippen molar-refractivity contribution < 1.29 is 23.1 Å². The van der Waals surface area contributed by atoms with Crippen molar-refractivity contribution in [3.63, 3.8) is 0 Å². The van der Waals surface area contributed by atoms with E-state index in [0.717, 1.165) is 12.1 Å². The number of benzene rings is 2. The molecule has 2 amide bonds. The summed E-state index contributed by atoms with van der Waals surface area (Å²) in [6, 6.07) is 7.76. The SMILES string of the molecule is O=C(Nc1ccc(C(=O)N2CCOCC2)cc1)c1cc(F)c(F)cc1Cl. The number of ether oxygens (including phenoxy) is 1. The molecule has 1 fully saturated rings. The van der Waals surface area contributed by atoms with Gasteiger partial charge in [0.05, 0.1) is 23.8 Å². The molecule has 0 aliphatic carbocycles. The van der Waals surface area contributed by atoms with Gasteiger partial charge in [-0.25, -0.2) is 8.78 Å². The van der Waals surface area contributed by atoms with Crippen LogP contribution < -0.4 is 5.32 Å². The van der Waals surface area contributed by atoms with E-state index in [-0.39, 0.29) is 16.5 Å². The number of anilines is 1. The van der Waals surface area contributed by atoms with Crippen LogP contribution in [0, 0.1) is 11.6 Å². The van der Waals surface area contributed by atoms with E-state index in [0.29, 0.717) is 37.6 Å². The largest absolute Gasteiger partial charge is 0.378 e. The quantitative estimate of drug-likeness (QED) is 0.831. The van der Waals surface area contributed by atoms with Gasteiger partial charge in [0.1, 0.15) is 0 Å². The van der Waals surface area contributed by atoms with Crippen LogP contribution in [0.25, 0.3) is 0 Å². The highest BCUT2D eigenvalue weighted by Crippen LogP contribution is 2.21. The summed E-state index contributed by atoms with van der Waals surface area (Å²) in [6.45, 7) is 2.08. The molecule has 2 aromatic carbocycles. The third-order valence-electron chi connectivity index (χ3n) is 3.94. The van der Waals surface area contributed by atoms with Crippen LogP contribution >= 0.6 is 11.6 Å². The first kappa shape index (κ1) is 18.3. The Bertz CT molecular complexity index is 837. The number of rotatable bonds is 3. The second kappa shape index (κ2) is 7.80. The predicted octanol–water partition coefficient (Wildman–Crippen LogP) is 3.34. The maximum absolute atomic E-state index is 13.3. The number of amides is 2. The van der Waals surface area contributed by atoms with E-state index in [2.05, 4.69) is 5.32 Å². The molecule has 0 atom stereocenters. The Hall–Kier alpha value is -2.51. The van der Waals surface area contributed by atoms with E-state index in [4.69, 9.17) is 16.3 Å². The molecule has 1 heterocycles. The van der Waals surface area contributed by atoms with Crippen molar-refractivity contribution in [3.8, 4) is 0 Å². The van der Waals surface area contributed by atoms with Crippen molar-refractivity contribution in [1.82, 2.24) is 4.90 Å². The normalized spacial score (nSPS) is 14.2. The highest BCUT2D eigenvalue weighted by Gasteiger charge is 2.19. The van der Waals surface area contributed by atoms with Gasteiger partial charge in [0, 0.05) is 24.3 Å². The molecule has 2 aromatic rings. The Kier molecular flexibility index (Phi) is 5.49. The van der Waals surface area contributed by atoms with Crippen LogP contribution in [-0.2, 0) is 4.74 Å². The molecule has 26 heavy (non-hydrogen) atoms. The minimum absolute atomic E-state index is 0.116. The number of hydrogen-bond acceptors (Lipinski definition) is 3. The summed E-state index contributed by atoms with van der Waals surface area (Å²) >= 11 is 5.79. The molecule has 1 N–H and O–H groups in total. The molecule has 0 unspecified atom stereocenters. The molecule has 0 spiro atoms. The van der Waals surface area contributed by atoms with Crippen molar-refractivity contribution in [2.75, 3.05) is 31.6 Å². The van der Waals surface area contributed by atoms with E-state index >= 15 is 0 Å². The Morgan fingerprint density at radius 3 is 2.31 bits per heavy atom. The lowest BCUT2D eigenvalue weighted by Crippen LogP contribution is -2.40. The highest BCUT2D eigenvalue weighted by atomic mass is 35.5. The van der Waals surface area contributed by atoms with Gasteiger partial charge in [-0.3, -0.25) is 9.59 Å². The molecule has 0 bridgehead atoms. The topological polar surface area (TPSA) is 58.6 Å². The zero-order chi connectivity index (χ0) is 18.7. The molecule has 0 radical (unpaired) electrons. The first-order valence-electron chi connectivity index (χ1n) is 7.88. The van der Waals surface area contributed by atoms with Crippen LogP contribution in [0.2, 0.25) is 5.02 Å². The summed E-state index contributed by atoms with van der Waals surface area (Å²) in [6.07, 6.45) is 0. The average molecular weight is 381 g/mol. The molecular formula is C18H15ClF2N2O3.